The van der Waals surface area contributed by atoms with Gasteiger partial charge in [-0.15, -0.1) is 0 Å². The first kappa shape index (κ1) is 17.0. The molecule has 3 nitrogen and oxygen atoms in total. The maximum atomic E-state index is 12.4. The van der Waals surface area contributed by atoms with E-state index in [1.54, 1.807) is 6.92 Å². The van der Waals surface area contributed by atoms with Gasteiger partial charge in [-0.2, -0.15) is 0 Å². The van der Waals surface area contributed by atoms with Gasteiger partial charge in [-0.05, 0) is 53.4 Å². The molecule has 128 valence electrons. The highest BCUT2D eigenvalue weighted by molar-refractivity contribution is 5.94. The molecule has 25 heavy (non-hydrogen) atoms. The van der Waals surface area contributed by atoms with Crippen LogP contribution in [0, 0.1) is 0 Å². The van der Waals surface area contributed by atoms with Crippen LogP contribution in [-0.2, 0) is 4.79 Å². The monoisotopic (exact) mass is 333 g/mol. The molecular weight excluding hydrogens is 310 g/mol. The Morgan fingerprint density at radius 2 is 1.56 bits per heavy atom. The number of carbonyl (C=O) groups excluding carboxylic acids is 1. The van der Waals surface area contributed by atoms with Crippen LogP contribution in [0.1, 0.15) is 32.3 Å². The minimum atomic E-state index is -0.578. The van der Waals surface area contributed by atoms with Crippen molar-refractivity contribution in [3.8, 4) is 5.75 Å². The quantitative estimate of drug-likeness (QED) is 0.682. The first-order valence-corrected chi connectivity index (χ1v) is 8.59. The van der Waals surface area contributed by atoms with Gasteiger partial charge in [0.25, 0.3) is 5.91 Å². The second-order valence-electron chi connectivity index (χ2n) is 6.53. The highest BCUT2D eigenvalue weighted by atomic mass is 16.5. The SMILES string of the molecule is CC(C)c1ccc(NC(=O)[C@H](C)Oc2ccc3ccccc3c2)cc1. The molecule has 0 aromatic heterocycles. The Balaban J connectivity index is 1.65. The predicted octanol–water partition coefficient (Wildman–Crippen LogP) is 5.37. The van der Waals surface area contributed by atoms with Crippen molar-refractivity contribution >= 4 is 22.4 Å². The zero-order valence-corrected chi connectivity index (χ0v) is 14.8. The Labute approximate surface area is 148 Å². The van der Waals surface area contributed by atoms with E-state index in [-0.39, 0.29) is 5.91 Å². The molecule has 0 unspecified atom stereocenters. The van der Waals surface area contributed by atoms with E-state index in [1.807, 2.05) is 60.7 Å². The van der Waals surface area contributed by atoms with E-state index >= 15 is 0 Å². The number of fused-ring (bicyclic) bond motifs is 1. The summed E-state index contributed by atoms with van der Waals surface area (Å²) in [7, 11) is 0. The molecule has 0 aliphatic heterocycles. The van der Waals surface area contributed by atoms with Crippen LogP contribution in [0.4, 0.5) is 5.69 Å². The number of amides is 1. The van der Waals surface area contributed by atoms with E-state index in [1.165, 1.54) is 5.56 Å². The van der Waals surface area contributed by atoms with Gasteiger partial charge in [-0.3, -0.25) is 4.79 Å². The molecule has 1 N–H and O–H groups in total. The molecule has 0 aliphatic rings. The van der Waals surface area contributed by atoms with E-state index < -0.39 is 6.10 Å². The largest absolute Gasteiger partial charge is 0.481 e. The van der Waals surface area contributed by atoms with Gasteiger partial charge >= 0.3 is 0 Å². The van der Waals surface area contributed by atoms with Crippen LogP contribution in [0.2, 0.25) is 0 Å². The van der Waals surface area contributed by atoms with Crippen molar-refractivity contribution in [2.45, 2.75) is 32.8 Å². The molecule has 3 rings (SSSR count). The topological polar surface area (TPSA) is 38.3 Å². The van der Waals surface area contributed by atoms with Crippen LogP contribution < -0.4 is 10.1 Å². The van der Waals surface area contributed by atoms with Gasteiger partial charge in [-0.25, -0.2) is 0 Å². The normalized spacial score (nSPS) is 12.2. The third-order valence-corrected chi connectivity index (χ3v) is 4.25. The average molecular weight is 333 g/mol. The summed E-state index contributed by atoms with van der Waals surface area (Å²) < 4.78 is 5.81. The molecule has 0 fully saturated rings. The Morgan fingerprint density at radius 1 is 0.880 bits per heavy atom. The number of rotatable bonds is 5. The molecule has 3 heteroatoms. The summed E-state index contributed by atoms with van der Waals surface area (Å²) in [5, 5.41) is 5.15. The smallest absolute Gasteiger partial charge is 0.265 e. The lowest BCUT2D eigenvalue weighted by atomic mass is 10.0. The average Bonchev–Trinajstić information content (AvgIpc) is 2.62. The van der Waals surface area contributed by atoms with Crippen molar-refractivity contribution in [1.82, 2.24) is 0 Å². The van der Waals surface area contributed by atoms with Gasteiger partial charge in [0, 0.05) is 5.69 Å². The zero-order chi connectivity index (χ0) is 17.8. The van der Waals surface area contributed by atoms with Crippen molar-refractivity contribution in [2.24, 2.45) is 0 Å². The first-order chi connectivity index (χ1) is 12.0. The summed E-state index contributed by atoms with van der Waals surface area (Å²) in [4.78, 5) is 12.4. The second-order valence-corrected chi connectivity index (χ2v) is 6.53. The lowest BCUT2D eigenvalue weighted by Gasteiger charge is -2.15. The number of carbonyl (C=O) groups is 1. The van der Waals surface area contributed by atoms with Crippen LogP contribution in [0.15, 0.2) is 66.7 Å². The zero-order valence-electron chi connectivity index (χ0n) is 14.8. The van der Waals surface area contributed by atoms with E-state index in [2.05, 4.69) is 25.2 Å². The van der Waals surface area contributed by atoms with Gasteiger partial charge in [0.05, 0.1) is 0 Å². The minimum absolute atomic E-state index is 0.162. The molecular formula is C22H23NO2. The van der Waals surface area contributed by atoms with Crippen molar-refractivity contribution < 1.29 is 9.53 Å². The predicted molar refractivity (Wildman–Crippen MR) is 103 cm³/mol. The molecule has 0 bridgehead atoms. The van der Waals surface area contributed by atoms with Crippen LogP contribution in [0.3, 0.4) is 0 Å². The van der Waals surface area contributed by atoms with Crippen LogP contribution in [0.5, 0.6) is 5.75 Å². The molecule has 1 amide bonds. The van der Waals surface area contributed by atoms with Gasteiger partial charge in [0.2, 0.25) is 0 Å². The molecule has 3 aromatic carbocycles. The summed E-state index contributed by atoms with van der Waals surface area (Å²) in [6.07, 6.45) is -0.578. The van der Waals surface area contributed by atoms with E-state index in [0.29, 0.717) is 11.7 Å². The van der Waals surface area contributed by atoms with Gasteiger partial charge in [0.1, 0.15) is 5.75 Å². The number of hydrogen-bond donors (Lipinski definition) is 1. The van der Waals surface area contributed by atoms with Gasteiger partial charge < -0.3 is 10.1 Å². The third kappa shape index (κ3) is 4.18. The number of nitrogens with one attached hydrogen (secondary N) is 1. The highest BCUT2D eigenvalue weighted by Gasteiger charge is 2.15. The number of anilines is 1. The number of hydrogen-bond acceptors (Lipinski definition) is 2. The lowest BCUT2D eigenvalue weighted by Crippen LogP contribution is -2.30. The Morgan fingerprint density at radius 3 is 2.24 bits per heavy atom. The lowest BCUT2D eigenvalue weighted by molar-refractivity contribution is -0.122. The van der Waals surface area contributed by atoms with E-state index in [0.717, 1.165) is 16.5 Å². The minimum Gasteiger partial charge on any atom is -0.481 e. The fourth-order valence-corrected chi connectivity index (χ4v) is 2.69. The van der Waals surface area contributed by atoms with Crippen LogP contribution >= 0.6 is 0 Å². The second kappa shape index (κ2) is 7.39. The Bertz CT molecular complexity index is 869. The third-order valence-electron chi connectivity index (χ3n) is 4.25. The van der Waals surface area contributed by atoms with E-state index in [9.17, 15) is 4.79 Å². The number of benzene rings is 3. The molecule has 0 heterocycles. The first-order valence-electron chi connectivity index (χ1n) is 8.59. The van der Waals surface area contributed by atoms with Gasteiger partial charge in [0.15, 0.2) is 6.10 Å². The molecule has 0 saturated heterocycles. The fourth-order valence-electron chi connectivity index (χ4n) is 2.69. The molecule has 0 aliphatic carbocycles. The summed E-state index contributed by atoms with van der Waals surface area (Å²) in [6.45, 7) is 6.05. The molecule has 0 radical (unpaired) electrons. The van der Waals surface area contributed by atoms with Gasteiger partial charge in [-0.1, -0.05) is 56.3 Å². The molecule has 1 atom stereocenters. The Kier molecular flexibility index (Phi) is 5.03. The summed E-state index contributed by atoms with van der Waals surface area (Å²) in [5.41, 5.74) is 2.03. The summed E-state index contributed by atoms with van der Waals surface area (Å²) >= 11 is 0. The molecule has 0 spiro atoms. The van der Waals surface area contributed by atoms with E-state index in [4.69, 9.17) is 4.74 Å². The highest BCUT2D eigenvalue weighted by Crippen LogP contribution is 2.22. The summed E-state index contributed by atoms with van der Waals surface area (Å²) in [5.74, 6) is 1.00. The van der Waals surface area contributed by atoms with Crippen LogP contribution in [-0.4, -0.2) is 12.0 Å². The fraction of sp³-hybridized carbons (Fsp3) is 0.227. The maximum absolute atomic E-state index is 12.4. The summed E-state index contributed by atoms with van der Waals surface area (Å²) in [6, 6.07) is 21.8. The van der Waals surface area contributed by atoms with Crippen molar-refractivity contribution in [1.29, 1.82) is 0 Å². The van der Waals surface area contributed by atoms with Crippen molar-refractivity contribution in [2.75, 3.05) is 5.32 Å². The Hall–Kier alpha value is -2.81. The maximum Gasteiger partial charge on any atom is 0.265 e. The van der Waals surface area contributed by atoms with Crippen LogP contribution in [0.25, 0.3) is 10.8 Å². The van der Waals surface area contributed by atoms with Crippen molar-refractivity contribution in [3.05, 3.63) is 72.3 Å². The molecule has 3 aromatic rings. The molecule has 0 saturated carbocycles. The number of ether oxygens (including phenoxy) is 1. The van der Waals surface area contributed by atoms with Crippen molar-refractivity contribution in [3.63, 3.8) is 0 Å². The standard InChI is InChI=1S/C22H23NO2/c1-15(2)17-8-11-20(12-9-17)23-22(24)16(3)25-21-13-10-18-6-4-5-7-19(18)14-21/h4-16H,1-3H3,(H,23,24)/t16-/m0/s1.